The summed E-state index contributed by atoms with van der Waals surface area (Å²) in [4.78, 5) is 15.9. The van der Waals surface area contributed by atoms with Gasteiger partial charge in [-0.3, -0.25) is 4.79 Å². The number of imidazole rings is 1. The van der Waals surface area contributed by atoms with Gasteiger partial charge in [0.25, 0.3) is 0 Å². The molecule has 1 saturated carbocycles. The van der Waals surface area contributed by atoms with Crippen molar-refractivity contribution in [3.05, 3.63) is 18.2 Å². The minimum absolute atomic E-state index is 0.0439. The van der Waals surface area contributed by atoms with Crippen molar-refractivity contribution >= 4 is 5.91 Å². The van der Waals surface area contributed by atoms with Crippen LogP contribution in [0.15, 0.2) is 12.5 Å². The first-order chi connectivity index (χ1) is 7.59. The number of nitrogens with one attached hydrogen (secondary N) is 1. The Morgan fingerprint density at radius 2 is 2.31 bits per heavy atom. The van der Waals surface area contributed by atoms with E-state index in [-0.39, 0.29) is 18.0 Å². The normalized spacial score (nSPS) is 19.2. The molecular weight excluding hydrogens is 204 g/mol. The Bertz CT molecular complexity index is 381. The van der Waals surface area contributed by atoms with Crippen molar-refractivity contribution < 1.29 is 4.79 Å². The second kappa shape index (κ2) is 4.25. The zero-order valence-electron chi connectivity index (χ0n) is 9.68. The van der Waals surface area contributed by atoms with Gasteiger partial charge in [-0.05, 0) is 26.7 Å². The molecule has 5 nitrogen and oxygen atoms in total. The lowest BCUT2D eigenvalue weighted by molar-refractivity contribution is -0.124. The molecule has 1 heterocycles. The van der Waals surface area contributed by atoms with Crippen molar-refractivity contribution in [3.63, 3.8) is 0 Å². The maximum absolute atomic E-state index is 11.9. The van der Waals surface area contributed by atoms with Crippen LogP contribution in [-0.2, 0) is 4.79 Å². The van der Waals surface area contributed by atoms with E-state index in [0.29, 0.717) is 6.04 Å². The lowest BCUT2D eigenvalue weighted by atomic mass is 10.2. The molecule has 2 rings (SSSR count). The van der Waals surface area contributed by atoms with Crippen molar-refractivity contribution in [1.82, 2.24) is 14.9 Å². The summed E-state index contributed by atoms with van der Waals surface area (Å²) in [6.45, 7) is 3.75. The third-order valence-corrected chi connectivity index (χ3v) is 2.88. The summed E-state index contributed by atoms with van der Waals surface area (Å²) in [7, 11) is 0. The fourth-order valence-electron chi connectivity index (χ4n) is 1.67. The predicted molar refractivity (Wildman–Crippen MR) is 60.7 cm³/mol. The number of carbonyl (C=O) groups excluding carboxylic acids is 1. The van der Waals surface area contributed by atoms with Gasteiger partial charge in [0.1, 0.15) is 6.04 Å². The van der Waals surface area contributed by atoms with E-state index in [1.807, 2.05) is 18.4 Å². The minimum Gasteiger partial charge on any atom is -0.352 e. The largest absolute Gasteiger partial charge is 0.352 e. The van der Waals surface area contributed by atoms with Crippen molar-refractivity contribution in [2.24, 2.45) is 5.73 Å². The Labute approximate surface area is 95.0 Å². The van der Waals surface area contributed by atoms with Gasteiger partial charge in [-0.25, -0.2) is 4.98 Å². The molecule has 0 aromatic carbocycles. The average molecular weight is 222 g/mol. The lowest BCUT2D eigenvalue weighted by Gasteiger charge is -2.17. The molecule has 5 heteroatoms. The van der Waals surface area contributed by atoms with Crippen LogP contribution < -0.4 is 11.1 Å². The number of nitrogens with zero attached hydrogens (tertiary/aromatic N) is 2. The van der Waals surface area contributed by atoms with Gasteiger partial charge in [-0.15, -0.1) is 0 Å². The lowest BCUT2D eigenvalue weighted by Crippen LogP contribution is -2.33. The quantitative estimate of drug-likeness (QED) is 0.789. The molecular formula is C11H18N4O. The second-order valence-corrected chi connectivity index (χ2v) is 4.47. The van der Waals surface area contributed by atoms with Gasteiger partial charge >= 0.3 is 0 Å². The van der Waals surface area contributed by atoms with E-state index in [1.165, 1.54) is 0 Å². The summed E-state index contributed by atoms with van der Waals surface area (Å²) in [6.07, 6.45) is 5.58. The Balaban J connectivity index is 2.09. The Morgan fingerprint density at radius 3 is 2.88 bits per heavy atom. The van der Waals surface area contributed by atoms with Gasteiger partial charge in [0.05, 0.1) is 12.0 Å². The topological polar surface area (TPSA) is 72.9 Å². The number of amides is 1. The molecule has 1 unspecified atom stereocenters. The summed E-state index contributed by atoms with van der Waals surface area (Å²) in [5.41, 5.74) is 6.71. The van der Waals surface area contributed by atoms with Crippen molar-refractivity contribution in [2.45, 2.75) is 44.8 Å². The minimum atomic E-state index is -0.246. The molecule has 0 spiro atoms. The van der Waals surface area contributed by atoms with Gasteiger partial charge in [0.15, 0.2) is 0 Å². The fourth-order valence-corrected chi connectivity index (χ4v) is 1.67. The molecule has 1 aromatic heterocycles. The van der Waals surface area contributed by atoms with E-state index in [9.17, 15) is 4.79 Å². The first-order valence-corrected chi connectivity index (χ1v) is 5.67. The Kier molecular flexibility index (Phi) is 2.96. The van der Waals surface area contributed by atoms with Crippen LogP contribution in [0, 0.1) is 0 Å². The standard InChI is InChI=1S/C11H18N4O/c1-7(12)10-5-13-6-15(10)8(2)11(16)14-9-3-4-9/h5-9H,3-4,12H2,1-2H3,(H,14,16)/t7-,8?/m0/s1. The van der Waals surface area contributed by atoms with E-state index in [4.69, 9.17) is 5.73 Å². The number of nitrogens with two attached hydrogens (primary N) is 1. The van der Waals surface area contributed by atoms with Crippen LogP contribution in [0.25, 0.3) is 0 Å². The molecule has 0 aliphatic heterocycles. The third-order valence-electron chi connectivity index (χ3n) is 2.88. The molecule has 1 fully saturated rings. The second-order valence-electron chi connectivity index (χ2n) is 4.47. The molecule has 0 bridgehead atoms. The van der Waals surface area contributed by atoms with E-state index in [0.717, 1.165) is 18.5 Å². The van der Waals surface area contributed by atoms with Crippen LogP contribution in [-0.4, -0.2) is 21.5 Å². The number of hydrogen-bond acceptors (Lipinski definition) is 3. The molecule has 1 amide bonds. The Morgan fingerprint density at radius 1 is 1.62 bits per heavy atom. The highest BCUT2D eigenvalue weighted by Crippen LogP contribution is 2.21. The molecule has 0 radical (unpaired) electrons. The van der Waals surface area contributed by atoms with Gasteiger partial charge in [0, 0.05) is 18.3 Å². The van der Waals surface area contributed by atoms with Crippen molar-refractivity contribution in [2.75, 3.05) is 0 Å². The summed E-state index contributed by atoms with van der Waals surface area (Å²) in [5.74, 6) is 0.0439. The van der Waals surface area contributed by atoms with Crippen LogP contribution in [0.3, 0.4) is 0 Å². The van der Waals surface area contributed by atoms with Crippen LogP contribution >= 0.6 is 0 Å². The highest BCUT2D eigenvalue weighted by Gasteiger charge is 2.27. The highest BCUT2D eigenvalue weighted by atomic mass is 16.2. The van der Waals surface area contributed by atoms with E-state index < -0.39 is 0 Å². The highest BCUT2D eigenvalue weighted by molar-refractivity contribution is 5.80. The monoisotopic (exact) mass is 222 g/mol. The summed E-state index contributed by atoms with van der Waals surface area (Å²) in [5, 5.41) is 2.98. The Hall–Kier alpha value is -1.36. The van der Waals surface area contributed by atoms with E-state index in [2.05, 4.69) is 10.3 Å². The maximum atomic E-state index is 11.9. The molecule has 88 valence electrons. The van der Waals surface area contributed by atoms with Crippen LogP contribution in [0.5, 0.6) is 0 Å². The van der Waals surface area contributed by atoms with Crippen molar-refractivity contribution in [1.29, 1.82) is 0 Å². The number of rotatable bonds is 4. The zero-order chi connectivity index (χ0) is 11.7. The molecule has 0 saturated heterocycles. The maximum Gasteiger partial charge on any atom is 0.243 e. The molecule has 1 aliphatic rings. The predicted octanol–water partition coefficient (Wildman–Crippen LogP) is 0.742. The summed E-state index contributed by atoms with van der Waals surface area (Å²) in [6, 6.07) is 0.0278. The molecule has 16 heavy (non-hydrogen) atoms. The van der Waals surface area contributed by atoms with E-state index in [1.54, 1.807) is 12.5 Å². The summed E-state index contributed by atoms with van der Waals surface area (Å²) >= 11 is 0. The number of hydrogen-bond donors (Lipinski definition) is 2. The molecule has 2 atom stereocenters. The first kappa shape index (κ1) is 11.1. The molecule has 1 aliphatic carbocycles. The number of aromatic nitrogens is 2. The molecule has 1 aromatic rings. The fraction of sp³-hybridized carbons (Fsp3) is 0.636. The van der Waals surface area contributed by atoms with Crippen LogP contribution in [0.4, 0.5) is 0 Å². The SMILES string of the molecule is CC(C(=O)NC1CC1)n1cncc1[C@H](C)N. The van der Waals surface area contributed by atoms with Crippen LogP contribution in [0.1, 0.15) is 44.5 Å². The van der Waals surface area contributed by atoms with Crippen LogP contribution in [0.2, 0.25) is 0 Å². The zero-order valence-corrected chi connectivity index (χ0v) is 9.68. The van der Waals surface area contributed by atoms with Gasteiger partial charge < -0.3 is 15.6 Å². The van der Waals surface area contributed by atoms with Gasteiger partial charge in [-0.2, -0.15) is 0 Å². The first-order valence-electron chi connectivity index (χ1n) is 5.67. The smallest absolute Gasteiger partial charge is 0.243 e. The van der Waals surface area contributed by atoms with Gasteiger partial charge in [0.2, 0.25) is 5.91 Å². The average Bonchev–Trinajstić information content (AvgIpc) is 2.91. The molecule has 3 N–H and O–H groups in total. The summed E-state index contributed by atoms with van der Waals surface area (Å²) < 4.78 is 1.84. The van der Waals surface area contributed by atoms with Crippen molar-refractivity contribution in [3.8, 4) is 0 Å². The number of carbonyl (C=O) groups is 1. The van der Waals surface area contributed by atoms with E-state index >= 15 is 0 Å². The third kappa shape index (κ3) is 2.24. The van der Waals surface area contributed by atoms with Gasteiger partial charge in [-0.1, -0.05) is 0 Å².